The molecule has 0 bridgehead atoms. The van der Waals surface area contributed by atoms with Crippen molar-refractivity contribution in [3.05, 3.63) is 40.4 Å². The number of rotatable bonds is 5. The van der Waals surface area contributed by atoms with Crippen LogP contribution in [0.2, 0.25) is 0 Å². The summed E-state index contributed by atoms with van der Waals surface area (Å²) >= 11 is 0. The lowest BCUT2D eigenvalue weighted by Crippen LogP contribution is -2.60. The van der Waals surface area contributed by atoms with Crippen molar-refractivity contribution in [3.63, 3.8) is 0 Å². The smallest absolute Gasteiger partial charge is 0.261 e. The molecule has 3 heterocycles. The topological polar surface area (TPSA) is 134 Å². The van der Waals surface area contributed by atoms with Gasteiger partial charge in [0.15, 0.2) is 11.4 Å². The number of aromatic nitrogens is 2. The van der Waals surface area contributed by atoms with Gasteiger partial charge < -0.3 is 29.9 Å². The first-order chi connectivity index (χ1) is 12.5. The van der Waals surface area contributed by atoms with Gasteiger partial charge in [-0.3, -0.25) is 9.20 Å². The Bertz CT molecular complexity index is 822. The van der Waals surface area contributed by atoms with E-state index in [-0.39, 0.29) is 17.0 Å². The third-order valence-corrected chi connectivity index (χ3v) is 4.38. The van der Waals surface area contributed by atoms with Gasteiger partial charge in [-0.15, -0.1) is 0 Å². The SMILES string of the molecule is CCCc1cnc2c(O[C@@H]3OC(CO)C(O)[C@@H](O)C3O)cccn2c1=O. The van der Waals surface area contributed by atoms with Gasteiger partial charge in [0.2, 0.25) is 6.29 Å². The highest BCUT2D eigenvalue weighted by Gasteiger charge is 2.44. The van der Waals surface area contributed by atoms with Gasteiger partial charge in [0.05, 0.1) is 6.61 Å². The fourth-order valence-electron chi connectivity index (χ4n) is 2.94. The van der Waals surface area contributed by atoms with Crippen LogP contribution in [0.3, 0.4) is 0 Å². The van der Waals surface area contributed by atoms with Crippen LogP contribution >= 0.6 is 0 Å². The quantitative estimate of drug-likeness (QED) is 0.520. The summed E-state index contributed by atoms with van der Waals surface area (Å²) in [6, 6.07) is 3.13. The minimum atomic E-state index is -1.55. The summed E-state index contributed by atoms with van der Waals surface area (Å²) in [6.07, 6.45) is -2.53. The maximum Gasteiger partial charge on any atom is 0.261 e. The largest absolute Gasteiger partial charge is 0.458 e. The first-order valence-electron chi connectivity index (χ1n) is 8.44. The van der Waals surface area contributed by atoms with E-state index in [0.717, 1.165) is 6.42 Å². The van der Waals surface area contributed by atoms with Gasteiger partial charge in [-0.1, -0.05) is 13.3 Å². The van der Waals surface area contributed by atoms with Crippen LogP contribution in [0.25, 0.3) is 5.65 Å². The Balaban J connectivity index is 1.93. The maximum absolute atomic E-state index is 12.5. The van der Waals surface area contributed by atoms with Crippen molar-refractivity contribution in [3.8, 4) is 5.75 Å². The van der Waals surface area contributed by atoms with Crippen molar-refractivity contribution in [2.45, 2.75) is 50.5 Å². The predicted molar refractivity (Wildman–Crippen MR) is 89.9 cm³/mol. The average Bonchev–Trinajstić information content (AvgIpc) is 2.65. The molecule has 0 aliphatic carbocycles. The fourth-order valence-corrected chi connectivity index (χ4v) is 2.94. The summed E-state index contributed by atoms with van der Waals surface area (Å²) in [5.74, 6) is 0.164. The van der Waals surface area contributed by atoms with Gasteiger partial charge in [0.25, 0.3) is 5.56 Å². The molecule has 1 aliphatic rings. The molecule has 3 unspecified atom stereocenters. The molecule has 3 rings (SSSR count). The number of hydrogen-bond acceptors (Lipinski definition) is 8. The molecular formula is C17H22N2O7. The van der Waals surface area contributed by atoms with E-state index in [1.54, 1.807) is 18.3 Å². The normalized spacial score (nSPS) is 29.0. The lowest BCUT2D eigenvalue weighted by Gasteiger charge is -2.39. The van der Waals surface area contributed by atoms with Gasteiger partial charge >= 0.3 is 0 Å². The fraction of sp³-hybridized carbons (Fsp3) is 0.529. The standard InChI is InChI=1S/C17H22N2O7/c1-2-4-9-7-18-15-10(5-3-6-19(15)16(9)24)25-17-14(23)13(22)12(21)11(8-20)26-17/h3,5-7,11-14,17,20-23H,2,4,8H2,1H3/t11?,12?,13-,14?,17-/m1/s1. The van der Waals surface area contributed by atoms with Gasteiger partial charge in [-0.05, 0) is 18.6 Å². The van der Waals surface area contributed by atoms with Crippen molar-refractivity contribution in [2.75, 3.05) is 6.61 Å². The molecular weight excluding hydrogens is 344 g/mol. The van der Waals surface area contributed by atoms with E-state index in [1.807, 2.05) is 6.92 Å². The Morgan fingerprint density at radius 1 is 1.27 bits per heavy atom. The van der Waals surface area contributed by atoms with Crippen molar-refractivity contribution in [2.24, 2.45) is 0 Å². The second-order valence-corrected chi connectivity index (χ2v) is 6.22. The molecule has 5 atom stereocenters. The Morgan fingerprint density at radius 2 is 2.04 bits per heavy atom. The number of hydrogen-bond donors (Lipinski definition) is 4. The molecule has 2 aromatic rings. The number of ether oxygens (including phenoxy) is 2. The van der Waals surface area contributed by atoms with E-state index < -0.39 is 37.3 Å². The van der Waals surface area contributed by atoms with E-state index in [0.29, 0.717) is 12.0 Å². The summed E-state index contributed by atoms with van der Waals surface area (Å²) < 4.78 is 12.3. The highest BCUT2D eigenvalue weighted by Crippen LogP contribution is 2.25. The first-order valence-corrected chi connectivity index (χ1v) is 8.44. The molecule has 4 N–H and O–H groups in total. The molecule has 26 heavy (non-hydrogen) atoms. The molecule has 9 heteroatoms. The van der Waals surface area contributed by atoms with Crippen LogP contribution in [0.15, 0.2) is 29.3 Å². The lowest BCUT2D eigenvalue weighted by molar-refractivity contribution is -0.277. The van der Waals surface area contributed by atoms with Crippen LogP contribution in [0.1, 0.15) is 18.9 Å². The van der Waals surface area contributed by atoms with Crippen LogP contribution in [0, 0.1) is 0 Å². The van der Waals surface area contributed by atoms with Crippen LogP contribution in [0.4, 0.5) is 0 Å². The van der Waals surface area contributed by atoms with Gasteiger partial charge in [0.1, 0.15) is 24.4 Å². The first kappa shape index (κ1) is 18.7. The zero-order valence-electron chi connectivity index (χ0n) is 14.2. The minimum absolute atomic E-state index is 0.164. The summed E-state index contributed by atoms with van der Waals surface area (Å²) in [4.78, 5) is 16.8. The number of aliphatic hydroxyl groups excluding tert-OH is 4. The molecule has 0 radical (unpaired) electrons. The maximum atomic E-state index is 12.5. The van der Waals surface area contributed by atoms with Gasteiger partial charge in [-0.25, -0.2) is 4.98 Å². The van der Waals surface area contributed by atoms with E-state index in [1.165, 1.54) is 10.6 Å². The molecule has 0 spiro atoms. The van der Waals surface area contributed by atoms with Crippen LogP contribution in [-0.2, 0) is 11.2 Å². The third-order valence-electron chi connectivity index (χ3n) is 4.38. The van der Waals surface area contributed by atoms with Crippen LogP contribution < -0.4 is 10.3 Å². The van der Waals surface area contributed by atoms with E-state index in [2.05, 4.69) is 4.98 Å². The van der Waals surface area contributed by atoms with Gasteiger partial charge in [-0.2, -0.15) is 0 Å². The Hall–Kier alpha value is -2.04. The number of aryl methyl sites for hydroxylation is 1. The second kappa shape index (κ2) is 7.68. The van der Waals surface area contributed by atoms with E-state index in [9.17, 15) is 25.2 Å². The van der Waals surface area contributed by atoms with Gasteiger partial charge in [0, 0.05) is 18.0 Å². The highest BCUT2D eigenvalue weighted by molar-refractivity contribution is 5.53. The summed E-state index contributed by atoms with van der Waals surface area (Å²) in [7, 11) is 0. The molecule has 0 saturated carbocycles. The lowest BCUT2D eigenvalue weighted by atomic mass is 9.99. The molecule has 0 amide bonds. The molecule has 9 nitrogen and oxygen atoms in total. The van der Waals surface area contributed by atoms with E-state index in [4.69, 9.17) is 9.47 Å². The number of pyridine rings is 1. The molecule has 142 valence electrons. The summed E-state index contributed by atoms with van der Waals surface area (Å²) in [5, 5.41) is 39.0. The number of aliphatic hydroxyl groups is 4. The third kappa shape index (κ3) is 3.31. The predicted octanol–water partition coefficient (Wildman–Crippen LogP) is -1.17. The number of fused-ring (bicyclic) bond motifs is 1. The Labute approximate surface area is 149 Å². The van der Waals surface area contributed by atoms with Crippen molar-refractivity contribution >= 4 is 5.65 Å². The molecule has 0 aromatic carbocycles. The second-order valence-electron chi connectivity index (χ2n) is 6.22. The number of nitrogens with zero attached hydrogens (tertiary/aromatic N) is 2. The Kier molecular flexibility index (Phi) is 5.54. The molecule has 1 fully saturated rings. The highest BCUT2D eigenvalue weighted by atomic mass is 16.7. The summed E-state index contributed by atoms with van der Waals surface area (Å²) in [5.41, 5.74) is 0.598. The van der Waals surface area contributed by atoms with Crippen LogP contribution in [-0.4, -0.2) is 67.1 Å². The molecule has 2 aromatic heterocycles. The van der Waals surface area contributed by atoms with Crippen LogP contribution in [0.5, 0.6) is 5.75 Å². The molecule has 1 aliphatic heterocycles. The minimum Gasteiger partial charge on any atom is -0.458 e. The van der Waals surface area contributed by atoms with E-state index >= 15 is 0 Å². The van der Waals surface area contributed by atoms with Crippen molar-refractivity contribution in [1.29, 1.82) is 0 Å². The zero-order valence-corrected chi connectivity index (χ0v) is 14.2. The van der Waals surface area contributed by atoms with Crippen molar-refractivity contribution < 1.29 is 29.9 Å². The average molecular weight is 366 g/mol. The zero-order chi connectivity index (χ0) is 18.8. The molecule has 1 saturated heterocycles. The summed E-state index contributed by atoms with van der Waals surface area (Å²) in [6.45, 7) is 1.41. The van der Waals surface area contributed by atoms with Crippen molar-refractivity contribution in [1.82, 2.24) is 9.38 Å². The Morgan fingerprint density at radius 3 is 2.73 bits per heavy atom. The monoisotopic (exact) mass is 366 g/mol.